The minimum absolute atomic E-state index is 0.0917. The van der Waals surface area contributed by atoms with Gasteiger partial charge in [-0.1, -0.05) is 29.4 Å². The average molecular weight is 455 g/mol. The molecule has 1 saturated heterocycles. The zero-order valence-electron chi connectivity index (χ0n) is 18.1. The van der Waals surface area contributed by atoms with Gasteiger partial charge in [-0.3, -0.25) is 14.0 Å². The number of amides is 1. The summed E-state index contributed by atoms with van der Waals surface area (Å²) in [5, 5.41) is 3.91. The summed E-state index contributed by atoms with van der Waals surface area (Å²) in [6.45, 7) is 5.08. The average Bonchev–Trinajstić information content (AvgIpc) is 3.23. The molecule has 0 radical (unpaired) electrons. The maximum Gasteiger partial charge on any atom is 0.264 e. The summed E-state index contributed by atoms with van der Waals surface area (Å²) < 4.78 is 32.7. The summed E-state index contributed by atoms with van der Waals surface area (Å²) >= 11 is 0. The maximum absolute atomic E-state index is 13.1. The predicted octanol–water partition coefficient (Wildman–Crippen LogP) is 2.77. The van der Waals surface area contributed by atoms with Gasteiger partial charge in [0.05, 0.1) is 22.8 Å². The fourth-order valence-electron chi connectivity index (χ4n) is 3.73. The van der Waals surface area contributed by atoms with Crippen LogP contribution in [0.2, 0.25) is 0 Å². The highest BCUT2D eigenvalue weighted by atomic mass is 32.2. The van der Waals surface area contributed by atoms with Crippen molar-refractivity contribution in [3.63, 3.8) is 0 Å². The van der Waals surface area contributed by atoms with Crippen molar-refractivity contribution in [2.24, 2.45) is 0 Å². The smallest absolute Gasteiger partial charge is 0.264 e. The number of piperazine rings is 1. The Bertz CT molecular complexity index is 1190. The molecule has 1 aliphatic heterocycles. The van der Waals surface area contributed by atoms with Crippen LogP contribution >= 0.6 is 0 Å². The van der Waals surface area contributed by atoms with Gasteiger partial charge in [-0.15, -0.1) is 0 Å². The molecule has 168 valence electrons. The Morgan fingerprint density at radius 1 is 1.03 bits per heavy atom. The summed E-state index contributed by atoms with van der Waals surface area (Å²) in [5.41, 5.74) is 1.77. The number of para-hydroxylation sites is 1. The molecule has 4 rings (SSSR count). The number of sulfonamides is 1. The molecule has 0 bridgehead atoms. The first-order valence-electron chi connectivity index (χ1n) is 10.4. The second-order valence-corrected chi connectivity index (χ2v) is 9.81. The third-order valence-electron chi connectivity index (χ3n) is 5.57. The molecular formula is C23H26N4O4S. The molecule has 3 aromatic rings. The first-order valence-corrected chi connectivity index (χ1v) is 11.9. The van der Waals surface area contributed by atoms with E-state index in [9.17, 15) is 13.2 Å². The SMILES string of the molecule is Cc1cc(CN2CCN(C(=O)c3cccc(S(=O)(=O)N(C)c4ccccc4)c3)CC2)on1. The number of aryl methyl sites for hydroxylation is 1. The van der Waals surface area contributed by atoms with Crippen molar-refractivity contribution in [2.75, 3.05) is 37.5 Å². The van der Waals surface area contributed by atoms with E-state index in [1.54, 1.807) is 41.3 Å². The number of carbonyl (C=O) groups is 1. The van der Waals surface area contributed by atoms with E-state index in [4.69, 9.17) is 4.52 Å². The van der Waals surface area contributed by atoms with Crippen molar-refractivity contribution in [3.8, 4) is 0 Å². The quantitative estimate of drug-likeness (QED) is 0.569. The number of aromatic nitrogens is 1. The number of carbonyl (C=O) groups excluding carboxylic acids is 1. The van der Waals surface area contributed by atoms with Crippen LogP contribution in [0.3, 0.4) is 0 Å². The van der Waals surface area contributed by atoms with Crippen molar-refractivity contribution in [1.82, 2.24) is 15.0 Å². The standard InChI is InChI=1S/C23H26N4O4S/c1-18-15-21(31-24-18)17-26-11-13-27(14-12-26)23(28)19-7-6-10-22(16-19)32(29,30)25(2)20-8-4-3-5-9-20/h3-10,15-16H,11-14,17H2,1-2H3. The number of benzene rings is 2. The van der Waals surface area contributed by atoms with Crippen molar-refractivity contribution >= 4 is 21.6 Å². The van der Waals surface area contributed by atoms with E-state index in [1.807, 2.05) is 19.1 Å². The molecule has 0 spiro atoms. The normalized spacial score (nSPS) is 15.0. The number of rotatable bonds is 6. The Kier molecular flexibility index (Phi) is 6.29. The third-order valence-corrected chi connectivity index (χ3v) is 7.36. The van der Waals surface area contributed by atoms with Crippen molar-refractivity contribution in [2.45, 2.75) is 18.4 Å². The van der Waals surface area contributed by atoms with Crippen molar-refractivity contribution in [1.29, 1.82) is 0 Å². The molecule has 1 aromatic heterocycles. The number of hydrogen-bond acceptors (Lipinski definition) is 6. The van der Waals surface area contributed by atoms with Crippen LogP contribution in [0.15, 0.2) is 70.1 Å². The van der Waals surface area contributed by atoms with Gasteiger partial charge in [0.25, 0.3) is 15.9 Å². The van der Waals surface area contributed by atoms with Crippen LogP contribution in [-0.2, 0) is 16.6 Å². The molecular weight excluding hydrogens is 428 g/mol. The van der Waals surface area contributed by atoms with Gasteiger partial charge < -0.3 is 9.42 Å². The van der Waals surface area contributed by atoms with Crippen LogP contribution in [0, 0.1) is 6.92 Å². The van der Waals surface area contributed by atoms with Gasteiger partial charge in [0.1, 0.15) is 0 Å². The second kappa shape index (κ2) is 9.13. The monoisotopic (exact) mass is 454 g/mol. The first-order chi connectivity index (χ1) is 15.3. The summed E-state index contributed by atoms with van der Waals surface area (Å²) in [6, 6.07) is 17.0. The van der Waals surface area contributed by atoms with Gasteiger partial charge in [-0.25, -0.2) is 8.42 Å². The van der Waals surface area contributed by atoms with Crippen LogP contribution < -0.4 is 4.31 Å². The van der Waals surface area contributed by atoms with E-state index in [0.717, 1.165) is 11.5 Å². The van der Waals surface area contributed by atoms with Gasteiger partial charge >= 0.3 is 0 Å². The van der Waals surface area contributed by atoms with Crippen LogP contribution in [0.5, 0.6) is 0 Å². The Labute approximate surface area is 188 Å². The molecule has 2 heterocycles. The van der Waals surface area contributed by atoms with Crippen molar-refractivity contribution < 1.29 is 17.7 Å². The fourth-order valence-corrected chi connectivity index (χ4v) is 4.97. The topological polar surface area (TPSA) is 87.0 Å². The summed E-state index contributed by atoms with van der Waals surface area (Å²) in [7, 11) is -2.27. The van der Waals surface area contributed by atoms with E-state index >= 15 is 0 Å². The highest BCUT2D eigenvalue weighted by Gasteiger charge is 2.26. The summed E-state index contributed by atoms with van der Waals surface area (Å²) in [4.78, 5) is 17.1. The number of anilines is 1. The zero-order valence-corrected chi connectivity index (χ0v) is 19.0. The Balaban J connectivity index is 1.43. The van der Waals surface area contributed by atoms with E-state index in [0.29, 0.717) is 44.0 Å². The number of nitrogens with zero attached hydrogens (tertiary/aromatic N) is 4. The van der Waals surface area contributed by atoms with Crippen molar-refractivity contribution in [3.05, 3.63) is 77.7 Å². The first kappa shape index (κ1) is 22.0. The molecule has 0 saturated carbocycles. The molecule has 1 aliphatic rings. The lowest BCUT2D eigenvalue weighted by atomic mass is 10.2. The summed E-state index contributed by atoms with van der Waals surface area (Å²) in [5.74, 6) is 0.641. The Morgan fingerprint density at radius 3 is 2.41 bits per heavy atom. The minimum atomic E-state index is -3.78. The summed E-state index contributed by atoms with van der Waals surface area (Å²) in [6.07, 6.45) is 0. The highest BCUT2D eigenvalue weighted by molar-refractivity contribution is 7.92. The van der Waals surface area contributed by atoms with E-state index in [-0.39, 0.29) is 10.8 Å². The fraction of sp³-hybridized carbons (Fsp3) is 0.304. The molecule has 2 aromatic carbocycles. The molecule has 0 N–H and O–H groups in total. The molecule has 0 aliphatic carbocycles. The second-order valence-electron chi connectivity index (χ2n) is 7.84. The molecule has 0 atom stereocenters. The molecule has 32 heavy (non-hydrogen) atoms. The van der Waals surface area contributed by atoms with Gasteiger partial charge in [-0.2, -0.15) is 0 Å². The van der Waals surface area contributed by atoms with E-state index in [1.165, 1.54) is 23.5 Å². The predicted molar refractivity (Wildman–Crippen MR) is 121 cm³/mol. The molecule has 1 amide bonds. The highest BCUT2D eigenvalue weighted by Crippen LogP contribution is 2.23. The lowest BCUT2D eigenvalue weighted by molar-refractivity contribution is 0.0617. The van der Waals surface area contributed by atoms with Crippen LogP contribution in [-0.4, -0.2) is 62.5 Å². The third kappa shape index (κ3) is 4.68. The lowest BCUT2D eigenvalue weighted by Crippen LogP contribution is -2.48. The van der Waals surface area contributed by atoms with Gasteiger partial charge in [0, 0.05) is 44.9 Å². The molecule has 1 fully saturated rings. The van der Waals surface area contributed by atoms with Gasteiger partial charge in [0.15, 0.2) is 5.76 Å². The zero-order chi connectivity index (χ0) is 22.7. The molecule has 9 heteroatoms. The van der Waals surface area contributed by atoms with E-state index in [2.05, 4.69) is 10.1 Å². The van der Waals surface area contributed by atoms with Crippen LogP contribution in [0.25, 0.3) is 0 Å². The maximum atomic E-state index is 13.1. The van der Waals surface area contributed by atoms with Gasteiger partial charge in [-0.05, 0) is 37.3 Å². The lowest BCUT2D eigenvalue weighted by Gasteiger charge is -2.34. The Morgan fingerprint density at radius 2 is 1.75 bits per heavy atom. The minimum Gasteiger partial charge on any atom is -0.360 e. The van der Waals surface area contributed by atoms with E-state index < -0.39 is 10.0 Å². The van der Waals surface area contributed by atoms with Gasteiger partial charge in [0.2, 0.25) is 0 Å². The largest absolute Gasteiger partial charge is 0.360 e. The van der Waals surface area contributed by atoms with Crippen LogP contribution in [0.1, 0.15) is 21.8 Å². The number of hydrogen-bond donors (Lipinski definition) is 0. The Hall–Kier alpha value is -3.17. The molecule has 0 unspecified atom stereocenters. The van der Waals surface area contributed by atoms with Crippen LogP contribution in [0.4, 0.5) is 5.69 Å². The molecule has 8 nitrogen and oxygen atoms in total.